The van der Waals surface area contributed by atoms with Gasteiger partial charge in [-0.05, 0) is 12.8 Å². The van der Waals surface area contributed by atoms with Crippen LogP contribution in [0.25, 0.3) is 0 Å². The second-order valence-corrected chi connectivity index (χ2v) is 5.38. The lowest BCUT2D eigenvalue weighted by atomic mass is 10.1. The average Bonchev–Trinajstić information content (AvgIpc) is 2.74. The van der Waals surface area contributed by atoms with E-state index in [1.807, 2.05) is 11.9 Å². The molecule has 7 nitrogen and oxygen atoms in total. The first kappa shape index (κ1) is 15.2. The summed E-state index contributed by atoms with van der Waals surface area (Å²) in [5.41, 5.74) is -0.786. The molecule has 0 aliphatic heterocycles. The van der Waals surface area contributed by atoms with Crippen LogP contribution in [-0.2, 0) is 0 Å². The first-order valence-electron chi connectivity index (χ1n) is 7.11. The quantitative estimate of drug-likeness (QED) is 0.521. The Balaban J connectivity index is 2.28. The van der Waals surface area contributed by atoms with Gasteiger partial charge in [-0.1, -0.05) is 25.7 Å². The van der Waals surface area contributed by atoms with Crippen molar-refractivity contribution in [3.8, 4) is 0 Å². The zero-order valence-corrected chi connectivity index (χ0v) is 12.0. The summed E-state index contributed by atoms with van der Waals surface area (Å²) >= 11 is 0. The molecule has 0 saturated heterocycles. The normalized spacial score (nSPS) is 16.2. The van der Waals surface area contributed by atoms with Crippen LogP contribution < -0.4 is 4.90 Å². The fraction of sp³-hybridized carbons (Fsp3) is 0.571. The van der Waals surface area contributed by atoms with Gasteiger partial charge in [0.15, 0.2) is 0 Å². The van der Waals surface area contributed by atoms with Gasteiger partial charge in [-0.15, -0.1) is 0 Å². The van der Waals surface area contributed by atoms with Gasteiger partial charge in [-0.3, -0.25) is 10.1 Å². The number of carboxylic acids is 1. The van der Waals surface area contributed by atoms with Crippen LogP contribution in [0.1, 0.15) is 48.9 Å². The van der Waals surface area contributed by atoms with E-state index in [1.165, 1.54) is 18.9 Å². The summed E-state index contributed by atoms with van der Waals surface area (Å²) < 4.78 is 0. The molecule has 1 saturated carbocycles. The van der Waals surface area contributed by atoms with Crippen LogP contribution in [0.4, 0.5) is 11.5 Å². The van der Waals surface area contributed by atoms with Crippen LogP contribution in [0.5, 0.6) is 0 Å². The zero-order chi connectivity index (χ0) is 15.4. The molecule has 0 atom stereocenters. The minimum absolute atomic E-state index is 0.308. The third-order valence-electron chi connectivity index (χ3n) is 4.03. The predicted octanol–water partition coefficient (Wildman–Crippen LogP) is 2.85. The predicted molar refractivity (Wildman–Crippen MR) is 77.7 cm³/mol. The van der Waals surface area contributed by atoms with Crippen molar-refractivity contribution in [2.45, 2.75) is 44.6 Å². The summed E-state index contributed by atoms with van der Waals surface area (Å²) in [6.45, 7) is 0. The fourth-order valence-electron chi connectivity index (χ4n) is 2.78. The van der Waals surface area contributed by atoms with Crippen molar-refractivity contribution in [3.05, 3.63) is 27.9 Å². The smallest absolute Gasteiger partial charge is 0.342 e. The molecule has 1 fully saturated rings. The largest absolute Gasteiger partial charge is 0.477 e. The molecular formula is C14H19N3O4. The number of carbonyl (C=O) groups is 1. The van der Waals surface area contributed by atoms with E-state index in [2.05, 4.69) is 4.98 Å². The molecule has 0 unspecified atom stereocenters. The molecule has 0 amide bonds. The molecular weight excluding hydrogens is 274 g/mol. The maximum absolute atomic E-state index is 11.2. The highest BCUT2D eigenvalue weighted by molar-refractivity contribution is 5.93. The van der Waals surface area contributed by atoms with E-state index in [4.69, 9.17) is 5.11 Å². The Morgan fingerprint density at radius 2 is 2.00 bits per heavy atom. The van der Waals surface area contributed by atoms with Gasteiger partial charge in [0.25, 0.3) is 0 Å². The van der Waals surface area contributed by atoms with Gasteiger partial charge >= 0.3 is 11.7 Å². The van der Waals surface area contributed by atoms with E-state index in [9.17, 15) is 14.9 Å². The number of aromatic nitrogens is 1. The number of nitro groups is 1. The zero-order valence-electron chi connectivity index (χ0n) is 12.0. The van der Waals surface area contributed by atoms with Crippen LogP contribution in [0.15, 0.2) is 12.3 Å². The highest BCUT2D eigenvalue weighted by Crippen LogP contribution is 2.27. The summed E-state index contributed by atoms with van der Waals surface area (Å²) in [6.07, 6.45) is 7.85. The Kier molecular flexibility index (Phi) is 4.72. The monoisotopic (exact) mass is 293 g/mol. The van der Waals surface area contributed by atoms with Crippen molar-refractivity contribution < 1.29 is 14.8 Å². The molecule has 1 aliphatic carbocycles. The van der Waals surface area contributed by atoms with Gasteiger partial charge in [0.05, 0.1) is 4.92 Å². The van der Waals surface area contributed by atoms with E-state index in [1.54, 1.807) is 0 Å². The molecule has 2 rings (SSSR count). The van der Waals surface area contributed by atoms with Crippen molar-refractivity contribution in [1.29, 1.82) is 0 Å². The lowest BCUT2D eigenvalue weighted by Gasteiger charge is -2.28. The highest BCUT2D eigenvalue weighted by atomic mass is 16.6. The van der Waals surface area contributed by atoms with Crippen LogP contribution in [0.3, 0.4) is 0 Å². The Labute approximate surface area is 122 Å². The lowest BCUT2D eigenvalue weighted by Crippen LogP contribution is -2.32. The minimum atomic E-state index is -1.31. The van der Waals surface area contributed by atoms with Gasteiger partial charge < -0.3 is 10.0 Å². The number of hydrogen-bond acceptors (Lipinski definition) is 5. The number of pyridine rings is 1. The van der Waals surface area contributed by atoms with Crippen molar-refractivity contribution in [2.24, 2.45) is 0 Å². The van der Waals surface area contributed by atoms with Crippen LogP contribution in [-0.4, -0.2) is 34.1 Å². The maximum atomic E-state index is 11.2. The second-order valence-electron chi connectivity index (χ2n) is 5.38. The minimum Gasteiger partial charge on any atom is -0.477 e. The number of nitrogens with zero attached hydrogens (tertiary/aromatic N) is 3. The molecule has 0 spiro atoms. The first-order chi connectivity index (χ1) is 10.0. The third kappa shape index (κ3) is 3.48. The molecule has 0 radical (unpaired) electrons. The molecule has 1 N–H and O–H groups in total. The molecule has 1 aromatic heterocycles. The molecule has 114 valence electrons. The number of carboxylic acid groups (broad SMARTS) is 1. The van der Waals surface area contributed by atoms with Gasteiger partial charge in [0.1, 0.15) is 17.6 Å². The summed E-state index contributed by atoms with van der Waals surface area (Å²) in [6, 6.07) is 1.61. The molecule has 7 heteroatoms. The SMILES string of the molecule is CN(c1cc(C(=O)O)c([N+](=O)[O-])cn1)C1CCCCCC1. The fourth-order valence-corrected chi connectivity index (χ4v) is 2.78. The number of hydrogen-bond donors (Lipinski definition) is 1. The van der Waals surface area contributed by atoms with E-state index in [0.29, 0.717) is 11.9 Å². The Morgan fingerprint density at radius 3 is 2.52 bits per heavy atom. The van der Waals surface area contributed by atoms with E-state index >= 15 is 0 Å². The number of aromatic carboxylic acids is 1. The topological polar surface area (TPSA) is 96.6 Å². The summed E-state index contributed by atoms with van der Waals surface area (Å²) in [5.74, 6) is -0.829. The Hall–Kier alpha value is -2.18. The number of rotatable bonds is 4. The number of anilines is 1. The Morgan fingerprint density at radius 1 is 1.38 bits per heavy atom. The van der Waals surface area contributed by atoms with E-state index < -0.39 is 16.6 Å². The van der Waals surface area contributed by atoms with Gasteiger partial charge in [0, 0.05) is 19.2 Å². The van der Waals surface area contributed by atoms with Crippen LogP contribution >= 0.6 is 0 Å². The van der Waals surface area contributed by atoms with Crippen LogP contribution in [0.2, 0.25) is 0 Å². The molecule has 0 bridgehead atoms. The van der Waals surface area contributed by atoms with E-state index in [0.717, 1.165) is 31.9 Å². The standard InChI is InChI=1S/C14H19N3O4/c1-16(10-6-4-2-3-5-7-10)13-8-11(14(18)19)12(9-15-13)17(20)21/h8-10H,2-7H2,1H3,(H,18,19). The molecule has 21 heavy (non-hydrogen) atoms. The average molecular weight is 293 g/mol. The van der Waals surface area contributed by atoms with E-state index in [-0.39, 0.29) is 5.56 Å². The van der Waals surface area contributed by atoms with Crippen molar-refractivity contribution in [3.63, 3.8) is 0 Å². The van der Waals surface area contributed by atoms with Crippen LogP contribution in [0, 0.1) is 10.1 Å². The molecule has 1 aromatic rings. The third-order valence-corrected chi connectivity index (χ3v) is 4.03. The molecule has 1 heterocycles. The van der Waals surface area contributed by atoms with Gasteiger partial charge in [0.2, 0.25) is 0 Å². The summed E-state index contributed by atoms with van der Waals surface area (Å²) in [4.78, 5) is 27.3. The first-order valence-corrected chi connectivity index (χ1v) is 7.11. The van der Waals surface area contributed by atoms with Crippen molar-refractivity contribution >= 4 is 17.5 Å². The Bertz CT molecular complexity index is 539. The van der Waals surface area contributed by atoms with Crippen molar-refractivity contribution in [1.82, 2.24) is 4.98 Å². The molecule has 0 aromatic carbocycles. The van der Waals surface area contributed by atoms with Gasteiger partial charge in [-0.2, -0.15) is 0 Å². The summed E-state index contributed by atoms with van der Waals surface area (Å²) in [5, 5.41) is 20.0. The van der Waals surface area contributed by atoms with Crippen molar-refractivity contribution in [2.75, 3.05) is 11.9 Å². The second kappa shape index (κ2) is 6.51. The van der Waals surface area contributed by atoms with Gasteiger partial charge in [-0.25, -0.2) is 9.78 Å². The molecule has 1 aliphatic rings. The summed E-state index contributed by atoms with van der Waals surface area (Å²) in [7, 11) is 1.87. The lowest BCUT2D eigenvalue weighted by molar-refractivity contribution is -0.385. The highest BCUT2D eigenvalue weighted by Gasteiger charge is 2.24. The maximum Gasteiger partial charge on any atom is 0.342 e.